The zero-order chi connectivity index (χ0) is 17.1. The molecule has 1 aliphatic heterocycles. The fourth-order valence-corrected chi connectivity index (χ4v) is 1.85. The van der Waals surface area contributed by atoms with Crippen LogP contribution >= 0.6 is 7.60 Å². The molecule has 3 atom stereocenters. The maximum Gasteiger partial charge on any atom is 0.330 e. The minimum atomic E-state index is -3.64. The molecule has 1 fully saturated rings. The van der Waals surface area contributed by atoms with Crippen molar-refractivity contribution in [1.29, 1.82) is 0 Å². The Balaban J connectivity index is 0.000000422. The van der Waals surface area contributed by atoms with Gasteiger partial charge in [0.05, 0.1) is 12.7 Å². The molecule has 0 aromatic carbocycles. The van der Waals surface area contributed by atoms with Crippen LogP contribution in [0.4, 0.5) is 0 Å². The molecular formula is C11H19N2O8P. The fraction of sp³-hybridized carbons (Fsp3) is 0.636. The minimum Gasteiger partial charge on any atom is -0.394 e. The van der Waals surface area contributed by atoms with Crippen molar-refractivity contribution in [3.63, 3.8) is 0 Å². The lowest BCUT2D eigenvalue weighted by Gasteiger charge is -2.14. The van der Waals surface area contributed by atoms with Crippen LogP contribution in [0.2, 0.25) is 0 Å². The van der Waals surface area contributed by atoms with Gasteiger partial charge < -0.3 is 24.7 Å². The first kappa shape index (κ1) is 18.8. The molecule has 22 heavy (non-hydrogen) atoms. The molecule has 0 aliphatic carbocycles. The lowest BCUT2D eigenvalue weighted by molar-refractivity contribution is -0.0459. The van der Waals surface area contributed by atoms with Gasteiger partial charge in [-0.15, -0.1) is 0 Å². The molecule has 0 unspecified atom stereocenters. The number of aromatic nitrogens is 2. The standard InChI is InChI=1S/C10H14N2O5.CH5O3P/c1-5-3-12(10(16)11-9(5)15)8-2-6(14)7(4-13)17-8;1-5(2,3)4/h3,6-8,13-14H,2,4H2,1H3,(H,11,15,16);1H3,(H2,2,3,4)/t6-,7+,8+;/m0./s1. The highest BCUT2D eigenvalue weighted by Gasteiger charge is 2.34. The van der Waals surface area contributed by atoms with Crippen molar-refractivity contribution in [1.82, 2.24) is 9.55 Å². The van der Waals surface area contributed by atoms with Crippen molar-refractivity contribution in [2.75, 3.05) is 13.3 Å². The first-order valence-electron chi connectivity index (χ1n) is 6.32. The number of aliphatic hydroxyl groups excluding tert-OH is 2. The van der Waals surface area contributed by atoms with Crippen LogP contribution in [0.1, 0.15) is 18.2 Å². The fourth-order valence-electron chi connectivity index (χ4n) is 1.85. The molecule has 1 aromatic rings. The summed E-state index contributed by atoms with van der Waals surface area (Å²) in [6, 6.07) is 0. The highest BCUT2D eigenvalue weighted by Crippen LogP contribution is 2.27. The lowest BCUT2D eigenvalue weighted by Crippen LogP contribution is -2.33. The van der Waals surface area contributed by atoms with Gasteiger partial charge in [0.15, 0.2) is 0 Å². The van der Waals surface area contributed by atoms with Crippen LogP contribution < -0.4 is 11.2 Å². The predicted octanol–water partition coefficient (Wildman–Crippen LogP) is -1.72. The number of ether oxygens (including phenoxy) is 1. The Morgan fingerprint density at radius 2 is 2.00 bits per heavy atom. The maximum absolute atomic E-state index is 11.6. The third kappa shape index (κ3) is 5.48. The molecule has 0 amide bonds. The first-order chi connectivity index (χ1) is 10.0. The van der Waals surface area contributed by atoms with Crippen LogP contribution in [0.5, 0.6) is 0 Å². The molecule has 1 aromatic heterocycles. The van der Waals surface area contributed by atoms with E-state index in [0.717, 1.165) is 6.66 Å². The van der Waals surface area contributed by atoms with E-state index >= 15 is 0 Å². The number of aromatic amines is 1. The van der Waals surface area contributed by atoms with E-state index in [2.05, 4.69) is 4.98 Å². The van der Waals surface area contributed by atoms with Crippen LogP contribution in [0.15, 0.2) is 15.8 Å². The largest absolute Gasteiger partial charge is 0.394 e. The molecule has 0 bridgehead atoms. The Hall–Kier alpha value is -1.29. The number of H-pyrrole nitrogens is 1. The van der Waals surface area contributed by atoms with E-state index < -0.39 is 37.3 Å². The maximum atomic E-state index is 11.6. The summed E-state index contributed by atoms with van der Waals surface area (Å²) >= 11 is 0. The van der Waals surface area contributed by atoms with Crippen molar-refractivity contribution in [2.45, 2.75) is 31.8 Å². The van der Waals surface area contributed by atoms with E-state index in [1.807, 2.05) is 0 Å². The van der Waals surface area contributed by atoms with Crippen LogP contribution in [0.3, 0.4) is 0 Å². The quantitative estimate of drug-likeness (QED) is 0.398. The average molecular weight is 338 g/mol. The second kappa shape index (κ2) is 7.32. The summed E-state index contributed by atoms with van der Waals surface area (Å²) in [4.78, 5) is 40.2. The molecule has 2 heterocycles. The molecule has 2 rings (SSSR count). The topological polar surface area (TPSA) is 162 Å². The molecule has 1 aliphatic rings. The summed E-state index contributed by atoms with van der Waals surface area (Å²) in [7, 11) is -3.64. The summed E-state index contributed by atoms with van der Waals surface area (Å²) in [5.41, 5.74) is -0.643. The number of nitrogens with zero attached hydrogens (tertiary/aromatic N) is 1. The lowest BCUT2D eigenvalue weighted by atomic mass is 10.2. The Bertz CT molecular complexity index is 655. The minimum absolute atomic E-state index is 0.205. The van der Waals surface area contributed by atoms with Gasteiger partial charge in [0.25, 0.3) is 5.56 Å². The van der Waals surface area contributed by atoms with Crippen LogP contribution in [-0.4, -0.2) is 55.0 Å². The Kier molecular flexibility index (Phi) is 6.24. The van der Waals surface area contributed by atoms with E-state index in [-0.39, 0.29) is 13.0 Å². The van der Waals surface area contributed by atoms with Crippen molar-refractivity contribution in [2.24, 2.45) is 0 Å². The summed E-state index contributed by atoms with van der Waals surface area (Å²) < 4.78 is 15.9. The van der Waals surface area contributed by atoms with Crippen LogP contribution in [0.25, 0.3) is 0 Å². The third-order valence-electron chi connectivity index (χ3n) is 2.84. The predicted molar refractivity (Wildman–Crippen MR) is 75.6 cm³/mol. The molecule has 0 saturated carbocycles. The van der Waals surface area contributed by atoms with Crippen molar-refractivity contribution in [3.8, 4) is 0 Å². The van der Waals surface area contributed by atoms with E-state index in [1.54, 1.807) is 6.92 Å². The molecular weight excluding hydrogens is 319 g/mol. The molecule has 1 saturated heterocycles. The van der Waals surface area contributed by atoms with E-state index in [0.29, 0.717) is 5.56 Å². The van der Waals surface area contributed by atoms with Gasteiger partial charge in [-0.3, -0.25) is 18.9 Å². The van der Waals surface area contributed by atoms with E-state index in [9.17, 15) is 19.3 Å². The number of hydrogen-bond donors (Lipinski definition) is 5. The Morgan fingerprint density at radius 3 is 2.45 bits per heavy atom. The second-order valence-electron chi connectivity index (χ2n) is 4.93. The van der Waals surface area contributed by atoms with Gasteiger partial charge in [-0.1, -0.05) is 0 Å². The zero-order valence-electron chi connectivity index (χ0n) is 12.0. The van der Waals surface area contributed by atoms with Gasteiger partial charge >= 0.3 is 13.3 Å². The van der Waals surface area contributed by atoms with E-state index in [1.165, 1.54) is 10.8 Å². The summed E-state index contributed by atoms with van der Waals surface area (Å²) in [5, 5.41) is 18.5. The summed E-state index contributed by atoms with van der Waals surface area (Å²) in [6.07, 6.45) is -0.581. The van der Waals surface area contributed by atoms with Gasteiger partial charge in [0, 0.05) is 24.8 Å². The van der Waals surface area contributed by atoms with Gasteiger partial charge in [-0.05, 0) is 6.92 Å². The molecule has 0 radical (unpaired) electrons. The van der Waals surface area contributed by atoms with Crippen molar-refractivity contribution < 1.29 is 29.3 Å². The SMILES string of the molecule is CP(=O)(O)O.Cc1cn([C@H]2C[C@H](O)[C@@H](CO)O2)c(=O)[nH]c1=O. The first-order valence-corrected chi connectivity index (χ1v) is 8.38. The van der Waals surface area contributed by atoms with Crippen molar-refractivity contribution >= 4 is 7.60 Å². The number of nitrogens with one attached hydrogen (secondary N) is 1. The number of aryl methyl sites for hydroxylation is 1. The molecule has 126 valence electrons. The Morgan fingerprint density at radius 1 is 1.45 bits per heavy atom. The van der Waals surface area contributed by atoms with E-state index in [4.69, 9.17) is 19.6 Å². The van der Waals surface area contributed by atoms with Crippen LogP contribution in [-0.2, 0) is 9.30 Å². The molecule has 10 nitrogen and oxygen atoms in total. The van der Waals surface area contributed by atoms with Gasteiger partial charge in [0.1, 0.15) is 12.3 Å². The Labute approximate surface area is 125 Å². The highest BCUT2D eigenvalue weighted by atomic mass is 31.2. The van der Waals surface area contributed by atoms with Crippen LogP contribution in [0, 0.1) is 6.92 Å². The van der Waals surface area contributed by atoms with Gasteiger partial charge in [-0.2, -0.15) is 0 Å². The average Bonchev–Trinajstić information content (AvgIpc) is 2.73. The van der Waals surface area contributed by atoms with Gasteiger partial charge in [0.2, 0.25) is 0 Å². The summed E-state index contributed by atoms with van der Waals surface area (Å²) in [5.74, 6) is 0. The number of hydrogen-bond acceptors (Lipinski definition) is 6. The van der Waals surface area contributed by atoms with Crippen molar-refractivity contribution in [3.05, 3.63) is 32.6 Å². The monoisotopic (exact) mass is 338 g/mol. The highest BCUT2D eigenvalue weighted by molar-refractivity contribution is 7.50. The third-order valence-corrected chi connectivity index (χ3v) is 2.84. The molecule has 5 N–H and O–H groups in total. The number of rotatable bonds is 2. The number of aliphatic hydroxyl groups is 2. The zero-order valence-corrected chi connectivity index (χ0v) is 12.9. The molecule has 11 heteroatoms. The van der Waals surface area contributed by atoms with Gasteiger partial charge in [-0.25, -0.2) is 4.79 Å². The molecule has 0 spiro atoms. The normalized spacial score (nSPS) is 24.7. The second-order valence-corrected chi connectivity index (χ2v) is 6.60. The summed E-state index contributed by atoms with van der Waals surface area (Å²) in [6.45, 7) is 2.12. The smallest absolute Gasteiger partial charge is 0.330 e.